The molecule has 8 heteroatoms. The third kappa shape index (κ3) is 3.37. The zero-order valence-electron chi connectivity index (χ0n) is 12.3. The highest BCUT2D eigenvalue weighted by molar-refractivity contribution is 8.00. The predicted molar refractivity (Wildman–Crippen MR) is 88.3 cm³/mol. The van der Waals surface area contributed by atoms with E-state index in [1.807, 2.05) is 30.3 Å². The van der Waals surface area contributed by atoms with Crippen LogP contribution in [0.15, 0.2) is 58.3 Å². The average molecular weight is 329 g/mol. The van der Waals surface area contributed by atoms with Crippen molar-refractivity contribution in [3.05, 3.63) is 48.7 Å². The lowest BCUT2D eigenvalue weighted by Gasteiger charge is -2.11. The summed E-state index contributed by atoms with van der Waals surface area (Å²) < 4.78 is 6.57. The number of hydrogen-bond acceptors (Lipinski definition) is 6. The second-order valence-electron chi connectivity index (χ2n) is 4.77. The van der Waals surface area contributed by atoms with Crippen LogP contribution < -0.4 is 11.2 Å². The molecule has 1 atom stereocenters. The van der Waals surface area contributed by atoms with Crippen LogP contribution in [-0.4, -0.2) is 26.0 Å². The number of para-hydroxylation sites is 1. The van der Waals surface area contributed by atoms with Gasteiger partial charge in [-0.05, 0) is 31.2 Å². The van der Waals surface area contributed by atoms with Crippen LogP contribution in [0.25, 0.3) is 11.6 Å². The number of aromatic nitrogens is 3. The summed E-state index contributed by atoms with van der Waals surface area (Å²) in [5, 5.41) is 10.9. The van der Waals surface area contributed by atoms with Crippen LogP contribution in [0.1, 0.15) is 6.92 Å². The maximum absolute atomic E-state index is 12.2. The molecule has 0 saturated heterocycles. The van der Waals surface area contributed by atoms with E-state index in [0.717, 1.165) is 5.69 Å². The fraction of sp³-hybridized carbons (Fsp3) is 0.133. The van der Waals surface area contributed by atoms with Crippen molar-refractivity contribution in [3.8, 4) is 11.6 Å². The number of carbonyl (C=O) groups is 1. The summed E-state index contributed by atoms with van der Waals surface area (Å²) >= 11 is 1.23. The van der Waals surface area contributed by atoms with Gasteiger partial charge in [0.05, 0.1) is 11.5 Å². The zero-order valence-corrected chi connectivity index (χ0v) is 13.2. The highest BCUT2D eigenvalue weighted by Gasteiger charge is 2.20. The van der Waals surface area contributed by atoms with Gasteiger partial charge in [-0.3, -0.25) is 4.79 Å². The van der Waals surface area contributed by atoms with Crippen LogP contribution in [0.3, 0.4) is 0 Å². The van der Waals surface area contributed by atoms with E-state index in [0.29, 0.717) is 16.7 Å². The molecule has 1 amide bonds. The van der Waals surface area contributed by atoms with Gasteiger partial charge in [0.15, 0.2) is 5.76 Å². The third-order valence-corrected chi connectivity index (χ3v) is 4.16. The molecule has 118 valence electrons. The van der Waals surface area contributed by atoms with Gasteiger partial charge in [0.1, 0.15) is 0 Å². The number of anilines is 1. The molecule has 3 rings (SSSR count). The first kappa shape index (κ1) is 15.2. The minimum atomic E-state index is -0.383. The van der Waals surface area contributed by atoms with Crippen LogP contribution in [-0.2, 0) is 4.79 Å². The Bertz CT molecular complexity index is 786. The number of hydrogen-bond donors (Lipinski definition) is 2. The number of nitrogen functional groups attached to an aromatic ring is 1. The minimum Gasteiger partial charge on any atom is -0.461 e. The van der Waals surface area contributed by atoms with E-state index in [-0.39, 0.29) is 11.2 Å². The smallest absolute Gasteiger partial charge is 0.237 e. The van der Waals surface area contributed by atoms with Gasteiger partial charge in [0.2, 0.25) is 16.9 Å². The number of amides is 1. The lowest BCUT2D eigenvalue weighted by molar-refractivity contribution is -0.115. The first-order chi connectivity index (χ1) is 11.1. The molecule has 7 nitrogen and oxygen atoms in total. The van der Waals surface area contributed by atoms with Gasteiger partial charge in [-0.2, -0.15) is 0 Å². The molecule has 0 bridgehead atoms. The summed E-state index contributed by atoms with van der Waals surface area (Å²) in [6.45, 7) is 1.78. The van der Waals surface area contributed by atoms with Gasteiger partial charge in [-0.25, -0.2) is 4.68 Å². The van der Waals surface area contributed by atoms with Gasteiger partial charge in [0.25, 0.3) is 0 Å². The molecule has 0 aliphatic carbocycles. The van der Waals surface area contributed by atoms with Crippen LogP contribution in [0, 0.1) is 0 Å². The SMILES string of the molecule is CC(Sc1nnc(-c2ccco2)n1N)C(=O)Nc1ccccc1. The van der Waals surface area contributed by atoms with Crippen LogP contribution in [0.2, 0.25) is 0 Å². The highest BCUT2D eigenvalue weighted by atomic mass is 32.2. The molecule has 0 fully saturated rings. The molecule has 2 heterocycles. The molecule has 2 aromatic heterocycles. The van der Waals surface area contributed by atoms with E-state index in [2.05, 4.69) is 15.5 Å². The van der Waals surface area contributed by atoms with E-state index in [4.69, 9.17) is 10.3 Å². The first-order valence-corrected chi connectivity index (χ1v) is 7.80. The second-order valence-corrected chi connectivity index (χ2v) is 6.08. The summed E-state index contributed by atoms with van der Waals surface area (Å²) in [5.74, 6) is 6.77. The van der Waals surface area contributed by atoms with Crippen molar-refractivity contribution < 1.29 is 9.21 Å². The molecule has 0 spiro atoms. The monoisotopic (exact) mass is 329 g/mol. The molecule has 1 unspecified atom stereocenters. The van der Waals surface area contributed by atoms with Crippen molar-refractivity contribution in [1.82, 2.24) is 14.9 Å². The third-order valence-electron chi connectivity index (χ3n) is 3.10. The fourth-order valence-corrected chi connectivity index (χ4v) is 2.68. The maximum atomic E-state index is 12.2. The Balaban J connectivity index is 1.68. The van der Waals surface area contributed by atoms with Crippen LogP contribution in [0.5, 0.6) is 0 Å². The number of benzene rings is 1. The topological polar surface area (TPSA) is 99.0 Å². The Hall–Kier alpha value is -2.74. The molecule has 0 radical (unpaired) electrons. The molecule has 23 heavy (non-hydrogen) atoms. The summed E-state index contributed by atoms with van der Waals surface area (Å²) in [6, 6.07) is 12.8. The molecule has 3 aromatic rings. The summed E-state index contributed by atoms with van der Waals surface area (Å²) in [5.41, 5.74) is 0.746. The van der Waals surface area contributed by atoms with Crippen molar-refractivity contribution in [3.63, 3.8) is 0 Å². The molecule has 0 aliphatic heterocycles. The summed E-state index contributed by atoms with van der Waals surface area (Å²) in [4.78, 5) is 12.2. The first-order valence-electron chi connectivity index (χ1n) is 6.92. The predicted octanol–water partition coefficient (Wildman–Crippen LogP) is 2.37. The summed E-state index contributed by atoms with van der Waals surface area (Å²) in [6.07, 6.45) is 1.53. The Morgan fingerprint density at radius 3 is 2.74 bits per heavy atom. The van der Waals surface area contributed by atoms with Gasteiger partial charge < -0.3 is 15.6 Å². The quantitative estimate of drug-likeness (QED) is 0.551. The normalized spacial score (nSPS) is 12.0. The Labute approximate surface area is 136 Å². The average Bonchev–Trinajstić information content (AvgIpc) is 3.19. The van der Waals surface area contributed by atoms with E-state index in [9.17, 15) is 4.79 Å². The molecule has 0 aliphatic rings. The Morgan fingerprint density at radius 1 is 1.26 bits per heavy atom. The number of nitrogens with zero attached hydrogens (tertiary/aromatic N) is 3. The van der Waals surface area contributed by atoms with E-state index < -0.39 is 0 Å². The number of furan rings is 1. The number of nitrogens with two attached hydrogens (primary N) is 1. The van der Waals surface area contributed by atoms with Gasteiger partial charge in [0, 0.05) is 5.69 Å². The van der Waals surface area contributed by atoms with Gasteiger partial charge >= 0.3 is 0 Å². The zero-order chi connectivity index (χ0) is 16.2. The van der Waals surface area contributed by atoms with Crippen molar-refractivity contribution in [1.29, 1.82) is 0 Å². The fourth-order valence-electron chi connectivity index (χ4n) is 1.91. The minimum absolute atomic E-state index is 0.135. The Morgan fingerprint density at radius 2 is 2.04 bits per heavy atom. The molecular formula is C15H15N5O2S. The lowest BCUT2D eigenvalue weighted by atomic mass is 10.3. The number of carbonyl (C=O) groups excluding carboxylic acids is 1. The number of thioether (sulfide) groups is 1. The van der Waals surface area contributed by atoms with Crippen molar-refractivity contribution in [2.75, 3.05) is 11.2 Å². The van der Waals surface area contributed by atoms with Crippen LogP contribution >= 0.6 is 11.8 Å². The van der Waals surface area contributed by atoms with Gasteiger partial charge in [-0.1, -0.05) is 30.0 Å². The number of nitrogens with one attached hydrogen (secondary N) is 1. The lowest BCUT2D eigenvalue weighted by Crippen LogP contribution is -2.23. The second kappa shape index (κ2) is 6.57. The van der Waals surface area contributed by atoms with Gasteiger partial charge in [-0.15, -0.1) is 10.2 Å². The molecular weight excluding hydrogens is 314 g/mol. The van der Waals surface area contributed by atoms with Crippen molar-refractivity contribution >= 4 is 23.4 Å². The van der Waals surface area contributed by atoms with Crippen LogP contribution in [0.4, 0.5) is 5.69 Å². The van der Waals surface area contributed by atoms with Crippen molar-refractivity contribution in [2.45, 2.75) is 17.3 Å². The highest BCUT2D eigenvalue weighted by Crippen LogP contribution is 2.25. The largest absolute Gasteiger partial charge is 0.461 e. The Kier molecular flexibility index (Phi) is 4.33. The molecule has 1 aromatic carbocycles. The maximum Gasteiger partial charge on any atom is 0.237 e. The summed E-state index contributed by atoms with van der Waals surface area (Å²) in [7, 11) is 0. The van der Waals surface area contributed by atoms with E-state index in [1.165, 1.54) is 22.7 Å². The molecule has 3 N–H and O–H groups in total. The number of rotatable bonds is 5. The van der Waals surface area contributed by atoms with E-state index in [1.54, 1.807) is 19.1 Å². The van der Waals surface area contributed by atoms with E-state index >= 15 is 0 Å². The standard InChI is InChI=1S/C15H15N5O2S/c1-10(14(21)17-11-6-3-2-4-7-11)23-15-19-18-13(20(15)16)12-8-5-9-22-12/h2-10H,16H2,1H3,(H,17,21). The van der Waals surface area contributed by atoms with Crippen molar-refractivity contribution in [2.24, 2.45) is 0 Å². The molecule has 0 saturated carbocycles.